The van der Waals surface area contributed by atoms with E-state index in [9.17, 15) is 0 Å². The van der Waals surface area contributed by atoms with Crippen LogP contribution in [0, 0.1) is 0 Å². The number of anilines is 1. The predicted octanol–water partition coefficient (Wildman–Crippen LogP) is 3.01. The minimum atomic E-state index is 0.365. The van der Waals surface area contributed by atoms with Crippen LogP contribution in [-0.2, 0) is 13.0 Å². The molecular formula is C18H29N3. The van der Waals surface area contributed by atoms with Crippen LogP contribution in [0.3, 0.4) is 0 Å². The number of rotatable bonds is 5. The molecule has 1 aliphatic carbocycles. The highest BCUT2D eigenvalue weighted by atomic mass is 15.2. The highest BCUT2D eigenvalue weighted by Gasteiger charge is 2.33. The Labute approximate surface area is 129 Å². The molecule has 0 radical (unpaired) electrons. The van der Waals surface area contributed by atoms with E-state index in [1.165, 1.54) is 55.3 Å². The molecule has 0 spiro atoms. The second-order valence-electron chi connectivity index (χ2n) is 6.91. The molecule has 1 aromatic rings. The largest absolute Gasteiger partial charge is 0.384 e. The summed E-state index contributed by atoms with van der Waals surface area (Å²) in [5.41, 5.74) is 4.65. The molecule has 2 N–H and O–H groups in total. The van der Waals surface area contributed by atoms with Gasteiger partial charge in [-0.3, -0.25) is 0 Å². The summed E-state index contributed by atoms with van der Waals surface area (Å²) in [4.78, 5) is 2.45. The Hall–Kier alpha value is -1.06. The van der Waals surface area contributed by atoms with Gasteiger partial charge >= 0.3 is 0 Å². The maximum atomic E-state index is 3.74. The summed E-state index contributed by atoms with van der Waals surface area (Å²) < 4.78 is 0. The standard InChI is InChI=1S/C18H29N3/c1-21(2)18(10-4-3-5-11-18)14-19-13-16-8-6-7-15-9-12-20-17(15)16/h6-8,19-20H,3-5,9-14H2,1-2H3. The van der Waals surface area contributed by atoms with Crippen molar-refractivity contribution in [2.75, 3.05) is 32.5 Å². The molecule has 1 aliphatic heterocycles. The van der Waals surface area contributed by atoms with Crippen LogP contribution in [0.5, 0.6) is 0 Å². The van der Waals surface area contributed by atoms with Crippen molar-refractivity contribution in [1.29, 1.82) is 0 Å². The van der Waals surface area contributed by atoms with Crippen LogP contribution in [0.25, 0.3) is 0 Å². The first-order valence-corrected chi connectivity index (χ1v) is 8.44. The Bertz CT molecular complexity index is 475. The lowest BCUT2D eigenvalue weighted by Gasteiger charge is -2.43. The Morgan fingerprint density at radius 2 is 2.00 bits per heavy atom. The quantitative estimate of drug-likeness (QED) is 0.872. The smallest absolute Gasteiger partial charge is 0.0419 e. The SMILES string of the molecule is CN(C)C1(CNCc2cccc3c2NCC3)CCCCC1. The Kier molecular flexibility index (Phi) is 4.51. The van der Waals surface area contributed by atoms with E-state index in [4.69, 9.17) is 0 Å². The zero-order chi connectivity index (χ0) is 14.7. The Morgan fingerprint density at radius 1 is 1.19 bits per heavy atom. The lowest BCUT2D eigenvalue weighted by molar-refractivity contribution is 0.0984. The van der Waals surface area contributed by atoms with Gasteiger partial charge in [-0.25, -0.2) is 0 Å². The molecule has 3 nitrogen and oxygen atoms in total. The van der Waals surface area contributed by atoms with E-state index in [1.807, 2.05) is 0 Å². The third kappa shape index (κ3) is 3.09. The van der Waals surface area contributed by atoms with Crippen molar-refractivity contribution in [3.63, 3.8) is 0 Å². The lowest BCUT2D eigenvalue weighted by Crippen LogP contribution is -2.52. The van der Waals surface area contributed by atoms with Gasteiger partial charge < -0.3 is 15.5 Å². The maximum Gasteiger partial charge on any atom is 0.0419 e. The van der Waals surface area contributed by atoms with Crippen molar-refractivity contribution >= 4 is 5.69 Å². The van der Waals surface area contributed by atoms with Crippen LogP contribution in [0.2, 0.25) is 0 Å². The molecule has 1 saturated carbocycles. The van der Waals surface area contributed by atoms with Crippen LogP contribution in [0.15, 0.2) is 18.2 Å². The number of hydrogen-bond acceptors (Lipinski definition) is 3. The molecule has 0 unspecified atom stereocenters. The number of benzene rings is 1. The molecule has 1 fully saturated rings. The van der Waals surface area contributed by atoms with Crippen molar-refractivity contribution in [3.8, 4) is 0 Å². The summed E-state index contributed by atoms with van der Waals surface area (Å²) in [5, 5.41) is 7.28. The van der Waals surface area contributed by atoms with Crippen LogP contribution >= 0.6 is 0 Å². The van der Waals surface area contributed by atoms with Crippen LogP contribution in [0.4, 0.5) is 5.69 Å². The number of fused-ring (bicyclic) bond motifs is 1. The molecule has 2 aliphatic rings. The molecule has 1 aromatic carbocycles. The summed E-state index contributed by atoms with van der Waals surface area (Å²) in [6.07, 6.45) is 8.00. The number of likely N-dealkylation sites (N-methyl/N-ethyl adjacent to an activating group) is 1. The molecule has 3 heteroatoms. The molecule has 1 heterocycles. The van der Waals surface area contributed by atoms with E-state index < -0.39 is 0 Å². The Morgan fingerprint density at radius 3 is 2.76 bits per heavy atom. The van der Waals surface area contributed by atoms with E-state index in [-0.39, 0.29) is 0 Å². The van der Waals surface area contributed by atoms with Gasteiger partial charge in [0.15, 0.2) is 0 Å². The normalized spacial score (nSPS) is 20.3. The van der Waals surface area contributed by atoms with E-state index in [0.717, 1.165) is 19.6 Å². The molecule has 0 bridgehead atoms. The second kappa shape index (κ2) is 6.37. The maximum absolute atomic E-state index is 3.74. The molecule has 116 valence electrons. The fourth-order valence-corrected chi connectivity index (χ4v) is 3.98. The number of nitrogens with one attached hydrogen (secondary N) is 2. The zero-order valence-corrected chi connectivity index (χ0v) is 13.5. The molecule has 0 aromatic heterocycles. The Balaban J connectivity index is 1.61. The van der Waals surface area contributed by atoms with Crippen molar-refractivity contribution in [1.82, 2.24) is 10.2 Å². The first kappa shape index (κ1) is 14.9. The summed E-state index contributed by atoms with van der Waals surface area (Å²) in [6.45, 7) is 3.17. The predicted molar refractivity (Wildman–Crippen MR) is 89.8 cm³/mol. The third-order valence-corrected chi connectivity index (χ3v) is 5.44. The molecule has 21 heavy (non-hydrogen) atoms. The van der Waals surface area contributed by atoms with Crippen molar-refractivity contribution < 1.29 is 0 Å². The number of para-hydroxylation sites is 1. The highest BCUT2D eigenvalue weighted by molar-refractivity contribution is 5.61. The summed E-state index contributed by atoms with van der Waals surface area (Å²) in [6, 6.07) is 6.71. The molecule has 3 rings (SSSR count). The van der Waals surface area contributed by atoms with E-state index in [2.05, 4.69) is 47.8 Å². The van der Waals surface area contributed by atoms with Gasteiger partial charge in [-0.15, -0.1) is 0 Å². The van der Waals surface area contributed by atoms with E-state index in [0.29, 0.717) is 5.54 Å². The molecule has 0 saturated heterocycles. The van der Waals surface area contributed by atoms with Gasteiger partial charge in [-0.2, -0.15) is 0 Å². The van der Waals surface area contributed by atoms with Gasteiger partial charge in [0.05, 0.1) is 0 Å². The lowest BCUT2D eigenvalue weighted by atomic mass is 9.80. The monoisotopic (exact) mass is 287 g/mol. The fraction of sp³-hybridized carbons (Fsp3) is 0.667. The average Bonchev–Trinajstić information content (AvgIpc) is 2.97. The molecule has 0 atom stereocenters. The minimum absolute atomic E-state index is 0.365. The topological polar surface area (TPSA) is 27.3 Å². The van der Waals surface area contributed by atoms with Crippen LogP contribution < -0.4 is 10.6 Å². The van der Waals surface area contributed by atoms with Gasteiger partial charge in [-0.05, 0) is 44.5 Å². The minimum Gasteiger partial charge on any atom is -0.384 e. The fourth-order valence-electron chi connectivity index (χ4n) is 3.98. The van der Waals surface area contributed by atoms with E-state index in [1.54, 1.807) is 0 Å². The van der Waals surface area contributed by atoms with Crippen molar-refractivity contribution in [2.24, 2.45) is 0 Å². The van der Waals surface area contributed by atoms with Crippen molar-refractivity contribution in [3.05, 3.63) is 29.3 Å². The van der Waals surface area contributed by atoms with E-state index >= 15 is 0 Å². The van der Waals surface area contributed by atoms with Gasteiger partial charge in [-0.1, -0.05) is 37.5 Å². The summed E-state index contributed by atoms with van der Waals surface area (Å²) >= 11 is 0. The van der Waals surface area contributed by atoms with Crippen LogP contribution in [-0.4, -0.2) is 37.6 Å². The third-order valence-electron chi connectivity index (χ3n) is 5.44. The first-order valence-electron chi connectivity index (χ1n) is 8.44. The zero-order valence-electron chi connectivity index (χ0n) is 13.5. The van der Waals surface area contributed by atoms with Gasteiger partial charge in [0, 0.05) is 30.9 Å². The second-order valence-corrected chi connectivity index (χ2v) is 6.91. The summed E-state index contributed by atoms with van der Waals surface area (Å²) in [7, 11) is 4.49. The van der Waals surface area contributed by atoms with Crippen LogP contribution in [0.1, 0.15) is 43.2 Å². The van der Waals surface area contributed by atoms with Gasteiger partial charge in [0.2, 0.25) is 0 Å². The average molecular weight is 287 g/mol. The number of hydrogen-bond donors (Lipinski definition) is 2. The van der Waals surface area contributed by atoms with Crippen molar-refractivity contribution in [2.45, 2.75) is 50.6 Å². The summed E-state index contributed by atoms with van der Waals surface area (Å²) in [5.74, 6) is 0. The highest BCUT2D eigenvalue weighted by Crippen LogP contribution is 2.32. The molecule has 0 amide bonds. The number of nitrogens with zero attached hydrogens (tertiary/aromatic N) is 1. The first-order chi connectivity index (χ1) is 10.2. The van der Waals surface area contributed by atoms with Gasteiger partial charge in [0.1, 0.15) is 0 Å². The molecular weight excluding hydrogens is 258 g/mol. The van der Waals surface area contributed by atoms with Gasteiger partial charge in [0.25, 0.3) is 0 Å².